The number of hydrogen-bond donors (Lipinski definition) is 5. The van der Waals surface area contributed by atoms with Crippen LogP contribution in [0.5, 0.6) is 0 Å². The van der Waals surface area contributed by atoms with Crippen LogP contribution in [0.15, 0.2) is 54.6 Å². The van der Waals surface area contributed by atoms with Gasteiger partial charge in [0.25, 0.3) is 0 Å². The number of carbonyl (C=O) groups excluding carboxylic acids is 6. The summed E-state index contributed by atoms with van der Waals surface area (Å²) in [4.78, 5) is 79.4. The van der Waals surface area contributed by atoms with Crippen LogP contribution in [-0.2, 0) is 52.4 Å². The van der Waals surface area contributed by atoms with Crippen LogP contribution >= 0.6 is 0 Å². The summed E-state index contributed by atoms with van der Waals surface area (Å²) in [6.45, 7) is 14.0. The molecule has 14 nitrogen and oxygen atoms in total. The Balaban J connectivity index is 2.33. The molecular formula is C42H60F3N5O9. The fourth-order valence-corrected chi connectivity index (χ4v) is 5.67. The van der Waals surface area contributed by atoms with Gasteiger partial charge in [-0.05, 0) is 96.4 Å². The van der Waals surface area contributed by atoms with Crippen LogP contribution in [0.25, 0.3) is 0 Å². The highest BCUT2D eigenvalue weighted by atomic mass is 19.4. The topological polar surface area (TPSA) is 190 Å². The Morgan fingerprint density at radius 3 is 1.59 bits per heavy atom. The first-order chi connectivity index (χ1) is 27.4. The van der Waals surface area contributed by atoms with Crippen molar-refractivity contribution in [3.05, 3.63) is 71.3 Å². The van der Waals surface area contributed by atoms with Crippen molar-refractivity contribution in [3.63, 3.8) is 0 Å². The maximum absolute atomic E-state index is 14.1. The standard InChI is InChI=1S/C42H60F3N5O9/c1-26(2)23-31(34(51)47-30(37(54)57-9)17-13-14-22-46-38(55)58-40(3,4)5)48-35(52)32(24-27-15-11-10-12-16-27)49-36(53)33(50-39(56)59-41(6,7)8)25-28-18-20-29(21-19-28)42(43,44)45/h10-12,15-16,18-21,26,30-33H,13-14,17,22-25H2,1-9H3,(H,46,55)(H,47,51)(H,48,52)(H,49,53)(H,50,56)/t30-,31-,32-,33-/m1/s1. The average molecular weight is 836 g/mol. The Hall–Kier alpha value is -5.35. The van der Waals surface area contributed by atoms with E-state index < -0.39 is 83.0 Å². The molecule has 0 spiro atoms. The summed E-state index contributed by atoms with van der Waals surface area (Å²) in [6.07, 6.45) is -5.27. The number of carbonyl (C=O) groups is 6. The van der Waals surface area contributed by atoms with E-state index in [2.05, 4.69) is 26.6 Å². The average Bonchev–Trinajstić information content (AvgIpc) is 3.11. The van der Waals surface area contributed by atoms with Crippen LogP contribution in [0.2, 0.25) is 0 Å². The third-order valence-electron chi connectivity index (χ3n) is 8.37. The number of esters is 1. The zero-order chi connectivity index (χ0) is 44.6. The number of amides is 5. The lowest BCUT2D eigenvalue weighted by Gasteiger charge is -2.27. The monoisotopic (exact) mass is 835 g/mol. The molecule has 0 saturated heterocycles. The van der Waals surface area contributed by atoms with Crippen molar-refractivity contribution in [2.45, 2.75) is 135 Å². The summed E-state index contributed by atoms with van der Waals surface area (Å²) in [7, 11) is 1.18. The van der Waals surface area contributed by atoms with Crippen LogP contribution in [0.4, 0.5) is 22.8 Å². The van der Waals surface area contributed by atoms with Crippen molar-refractivity contribution in [3.8, 4) is 0 Å². The van der Waals surface area contributed by atoms with Gasteiger partial charge in [0.2, 0.25) is 17.7 Å². The third-order valence-corrected chi connectivity index (χ3v) is 8.37. The molecule has 5 amide bonds. The molecule has 17 heteroatoms. The van der Waals surface area contributed by atoms with E-state index in [1.54, 1.807) is 71.9 Å². The van der Waals surface area contributed by atoms with E-state index in [0.29, 0.717) is 18.4 Å². The van der Waals surface area contributed by atoms with Gasteiger partial charge in [0.05, 0.1) is 12.7 Å². The van der Waals surface area contributed by atoms with Gasteiger partial charge < -0.3 is 40.8 Å². The summed E-state index contributed by atoms with van der Waals surface area (Å²) in [6, 6.07) is 7.83. The highest BCUT2D eigenvalue weighted by Crippen LogP contribution is 2.29. The SMILES string of the molecule is COC(=O)[C@@H](CCCCNC(=O)OC(C)(C)C)NC(=O)[C@@H](CC(C)C)NC(=O)[C@@H](Cc1ccccc1)NC(=O)[C@@H](Cc1ccc(C(F)(F)F)cc1)NC(=O)OC(C)(C)C. The molecule has 0 bridgehead atoms. The number of methoxy groups -OCH3 is 1. The first-order valence-electron chi connectivity index (χ1n) is 19.5. The number of hydrogen-bond acceptors (Lipinski definition) is 9. The van der Waals surface area contributed by atoms with Crippen molar-refractivity contribution in [2.75, 3.05) is 13.7 Å². The van der Waals surface area contributed by atoms with Crippen molar-refractivity contribution < 1.29 is 56.1 Å². The lowest BCUT2D eigenvalue weighted by atomic mass is 9.99. The number of alkyl halides is 3. The number of alkyl carbamates (subject to hydrolysis) is 2. The first-order valence-corrected chi connectivity index (χ1v) is 19.5. The van der Waals surface area contributed by atoms with Crippen LogP contribution in [-0.4, -0.2) is 84.9 Å². The van der Waals surface area contributed by atoms with Crippen LogP contribution in [0.1, 0.15) is 97.8 Å². The molecule has 0 aromatic heterocycles. The van der Waals surface area contributed by atoms with Gasteiger partial charge in [-0.15, -0.1) is 0 Å². The molecule has 0 aliphatic rings. The lowest BCUT2D eigenvalue weighted by Crippen LogP contribution is -2.59. The number of benzene rings is 2. The van der Waals surface area contributed by atoms with E-state index in [4.69, 9.17) is 14.2 Å². The van der Waals surface area contributed by atoms with Gasteiger partial charge in [-0.25, -0.2) is 14.4 Å². The molecule has 2 rings (SSSR count). The predicted molar refractivity (Wildman–Crippen MR) is 214 cm³/mol. The van der Waals surface area contributed by atoms with Crippen LogP contribution in [0, 0.1) is 5.92 Å². The Morgan fingerprint density at radius 1 is 0.610 bits per heavy atom. The molecule has 0 aliphatic carbocycles. The third kappa shape index (κ3) is 19.8. The molecule has 59 heavy (non-hydrogen) atoms. The number of rotatable bonds is 19. The molecule has 2 aromatic rings. The largest absolute Gasteiger partial charge is 0.467 e. The van der Waals surface area contributed by atoms with Gasteiger partial charge in [-0.2, -0.15) is 13.2 Å². The quantitative estimate of drug-likeness (QED) is 0.0667. The zero-order valence-electron chi connectivity index (χ0n) is 35.3. The van der Waals surface area contributed by atoms with E-state index >= 15 is 0 Å². The minimum Gasteiger partial charge on any atom is -0.467 e. The highest BCUT2D eigenvalue weighted by molar-refractivity contribution is 5.95. The number of nitrogens with one attached hydrogen (secondary N) is 5. The minimum absolute atomic E-state index is 0.0457. The molecule has 0 saturated carbocycles. The van der Waals surface area contributed by atoms with E-state index in [1.807, 2.05) is 13.8 Å². The van der Waals surface area contributed by atoms with E-state index in [9.17, 15) is 41.9 Å². The van der Waals surface area contributed by atoms with Gasteiger partial charge in [0.15, 0.2) is 0 Å². The molecule has 0 aliphatic heterocycles. The Bertz CT molecular complexity index is 1690. The second-order valence-corrected chi connectivity index (χ2v) is 16.5. The van der Waals surface area contributed by atoms with Crippen LogP contribution < -0.4 is 26.6 Å². The molecule has 0 unspecified atom stereocenters. The first kappa shape index (κ1) is 49.8. The Morgan fingerprint density at radius 2 is 1.08 bits per heavy atom. The van der Waals surface area contributed by atoms with E-state index in [1.165, 1.54) is 19.2 Å². The molecular weight excluding hydrogens is 775 g/mol. The van der Waals surface area contributed by atoms with Crippen molar-refractivity contribution in [1.29, 1.82) is 0 Å². The van der Waals surface area contributed by atoms with Gasteiger partial charge >= 0.3 is 24.3 Å². The molecule has 0 heterocycles. The second-order valence-electron chi connectivity index (χ2n) is 16.5. The van der Waals surface area contributed by atoms with Gasteiger partial charge in [0, 0.05) is 19.4 Å². The minimum atomic E-state index is -4.59. The van der Waals surface area contributed by atoms with E-state index in [0.717, 1.165) is 12.1 Å². The maximum Gasteiger partial charge on any atom is 0.416 e. The van der Waals surface area contributed by atoms with Crippen LogP contribution in [0.3, 0.4) is 0 Å². The fraction of sp³-hybridized carbons (Fsp3) is 0.571. The Kier molecular flexibility index (Phi) is 19.2. The lowest BCUT2D eigenvalue weighted by molar-refractivity contribution is -0.145. The van der Waals surface area contributed by atoms with Gasteiger partial charge in [-0.1, -0.05) is 56.3 Å². The number of unbranched alkanes of at least 4 members (excludes halogenated alkanes) is 1. The molecule has 328 valence electrons. The molecule has 0 radical (unpaired) electrons. The summed E-state index contributed by atoms with van der Waals surface area (Å²) in [5, 5.41) is 13.2. The smallest absolute Gasteiger partial charge is 0.416 e. The predicted octanol–water partition coefficient (Wildman–Crippen LogP) is 5.75. The summed E-state index contributed by atoms with van der Waals surface area (Å²) in [5.74, 6) is -3.10. The van der Waals surface area contributed by atoms with Gasteiger partial charge in [0.1, 0.15) is 35.4 Å². The van der Waals surface area contributed by atoms with Gasteiger partial charge in [-0.3, -0.25) is 14.4 Å². The second kappa shape index (κ2) is 22.7. The molecule has 5 N–H and O–H groups in total. The number of halogens is 3. The van der Waals surface area contributed by atoms with Crippen molar-refractivity contribution in [2.24, 2.45) is 5.92 Å². The number of ether oxygens (including phenoxy) is 3. The highest BCUT2D eigenvalue weighted by Gasteiger charge is 2.34. The fourth-order valence-electron chi connectivity index (χ4n) is 5.67. The normalized spacial score (nSPS) is 13.8. The van der Waals surface area contributed by atoms with Crippen molar-refractivity contribution in [1.82, 2.24) is 26.6 Å². The van der Waals surface area contributed by atoms with E-state index in [-0.39, 0.29) is 43.7 Å². The molecule has 2 aromatic carbocycles. The zero-order valence-corrected chi connectivity index (χ0v) is 35.3. The summed E-state index contributed by atoms with van der Waals surface area (Å²) in [5.41, 5.74) is -1.59. The Labute approximate surface area is 344 Å². The van der Waals surface area contributed by atoms with Crippen molar-refractivity contribution >= 4 is 35.9 Å². The summed E-state index contributed by atoms with van der Waals surface area (Å²) >= 11 is 0. The molecule has 0 fully saturated rings. The summed E-state index contributed by atoms with van der Waals surface area (Å²) < 4.78 is 55.3. The molecule has 4 atom stereocenters. The maximum atomic E-state index is 14.1.